The Morgan fingerprint density at radius 2 is 2.12 bits per heavy atom. The van der Waals surface area contributed by atoms with E-state index >= 15 is 0 Å². The third kappa shape index (κ3) is 3.84. The van der Waals surface area contributed by atoms with Gasteiger partial charge in [0.2, 0.25) is 0 Å². The highest BCUT2D eigenvalue weighted by molar-refractivity contribution is 5.13. The Kier molecular flexibility index (Phi) is 4.63. The van der Waals surface area contributed by atoms with Gasteiger partial charge in [-0.3, -0.25) is 14.6 Å². The van der Waals surface area contributed by atoms with E-state index in [2.05, 4.69) is 27.2 Å². The van der Waals surface area contributed by atoms with E-state index in [9.17, 15) is 0 Å². The first-order valence-corrected chi connectivity index (χ1v) is 9.00. The lowest BCUT2D eigenvalue weighted by Gasteiger charge is -2.28. The summed E-state index contributed by atoms with van der Waals surface area (Å²) in [5.74, 6) is 0.816. The average Bonchev–Trinajstić information content (AvgIpc) is 3.23. The first kappa shape index (κ1) is 15.8. The lowest BCUT2D eigenvalue weighted by molar-refractivity contribution is 0.0196. The Hall–Kier alpha value is -1.72. The van der Waals surface area contributed by atoms with Crippen molar-refractivity contribution in [2.75, 3.05) is 13.2 Å². The molecule has 2 atom stereocenters. The van der Waals surface area contributed by atoms with Crippen LogP contribution in [0.5, 0.6) is 0 Å². The van der Waals surface area contributed by atoms with Crippen molar-refractivity contribution in [3.63, 3.8) is 0 Å². The monoisotopic (exact) mass is 326 g/mol. The van der Waals surface area contributed by atoms with E-state index in [-0.39, 0.29) is 0 Å². The zero-order valence-corrected chi connectivity index (χ0v) is 14.3. The van der Waals surface area contributed by atoms with Gasteiger partial charge in [0, 0.05) is 56.9 Å². The predicted molar refractivity (Wildman–Crippen MR) is 92.4 cm³/mol. The van der Waals surface area contributed by atoms with Crippen molar-refractivity contribution in [2.24, 2.45) is 13.0 Å². The first-order chi connectivity index (χ1) is 11.8. The molecule has 0 radical (unpaired) electrons. The fraction of sp³-hybridized carbons (Fsp3) is 0.579. The average molecular weight is 326 g/mol. The molecule has 0 unspecified atom stereocenters. The van der Waals surface area contributed by atoms with Crippen LogP contribution in [0.4, 0.5) is 0 Å². The van der Waals surface area contributed by atoms with E-state index in [1.165, 1.54) is 24.0 Å². The fourth-order valence-electron chi connectivity index (χ4n) is 3.63. The van der Waals surface area contributed by atoms with Gasteiger partial charge in [0.05, 0.1) is 12.3 Å². The molecule has 0 aromatic carbocycles. The van der Waals surface area contributed by atoms with Crippen LogP contribution in [0.3, 0.4) is 0 Å². The summed E-state index contributed by atoms with van der Waals surface area (Å²) in [6.07, 6.45) is 13.1. The summed E-state index contributed by atoms with van der Waals surface area (Å²) in [5, 5.41) is 4.30. The van der Waals surface area contributed by atoms with Crippen LogP contribution in [0.25, 0.3) is 0 Å². The Labute approximate surface area is 143 Å². The van der Waals surface area contributed by atoms with Crippen LogP contribution in [-0.2, 0) is 24.8 Å². The molecule has 5 heteroatoms. The van der Waals surface area contributed by atoms with Crippen LogP contribution in [0.1, 0.15) is 30.4 Å². The summed E-state index contributed by atoms with van der Waals surface area (Å²) in [6, 6.07) is 4.62. The second kappa shape index (κ2) is 7.03. The molecule has 1 saturated heterocycles. The van der Waals surface area contributed by atoms with Gasteiger partial charge in [-0.05, 0) is 43.2 Å². The van der Waals surface area contributed by atoms with Gasteiger partial charge in [0.25, 0.3) is 0 Å². The van der Waals surface area contributed by atoms with Crippen LogP contribution >= 0.6 is 0 Å². The zero-order chi connectivity index (χ0) is 16.4. The van der Waals surface area contributed by atoms with Crippen LogP contribution in [-0.4, -0.2) is 45.0 Å². The molecule has 0 amide bonds. The standard InChI is InChI=1S/C19H26N4O/c1-22-12-17(11-21-22)13-23-8-6-19(24-14-15-4-5-15)18(23)9-16-3-2-7-20-10-16/h2-3,7,10-12,15,18-19H,4-6,8-9,13-14H2,1H3/t18-,19-/m0/s1. The lowest BCUT2D eigenvalue weighted by Crippen LogP contribution is -2.38. The second-order valence-corrected chi connectivity index (χ2v) is 7.23. The second-order valence-electron chi connectivity index (χ2n) is 7.23. The highest BCUT2D eigenvalue weighted by atomic mass is 16.5. The molecular formula is C19H26N4O. The molecule has 0 spiro atoms. The topological polar surface area (TPSA) is 43.2 Å². The molecule has 1 aliphatic heterocycles. The predicted octanol–water partition coefficient (Wildman–Crippen LogP) is 2.43. The SMILES string of the molecule is Cn1cc(CN2CC[C@H](OCC3CC3)[C@@H]2Cc2cccnc2)cn1. The van der Waals surface area contributed by atoms with Crippen molar-refractivity contribution in [1.29, 1.82) is 0 Å². The van der Waals surface area contributed by atoms with Crippen molar-refractivity contribution < 1.29 is 4.74 Å². The summed E-state index contributed by atoms with van der Waals surface area (Å²) < 4.78 is 8.18. The largest absolute Gasteiger partial charge is 0.376 e. The highest BCUT2D eigenvalue weighted by Crippen LogP contribution is 2.32. The molecule has 24 heavy (non-hydrogen) atoms. The maximum Gasteiger partial charge on any atom is 0.0745 e. The molecule has 3 heterocycles. The van der Waals surface area contributed by atoms with Crippen LogP contribution < -0.4 is 0 Å². The third-order valence-electron chi connectivity index (χ3n) is 5.15. The van der Waals surface area contributed by atoms with Gasteiger partial charge in [-0.2, -0.15) is 5.10 Å². The summed E-state index contributed by atoms with van der Waals surface area (Å²) in [5.41, 5.74) is 2.57. The number of hydrogen-bond acceptors (Lipinski definition) is 4. The van der Waals surface area contributed by atoms with Crippen molar-refractivity contribution >= 4 is 0 Å². The maximum atomic E-state index is 6.30. The Morgan fingerprint density at radius 3 is 2.83 bits per heavy atom. The van der Waals surface area contributed by atoms with E-state index in [0.717, 1.165) is 38.5 Å². The van der Waals surface area contributed by atoms with Crippen LogP contribution in [0.2, 0.25) is 0 Å². The van der Waals surface area contributed by atoms with Crippen molar-refractivity contribution in [3.8, 4) is 0 Å². The molecule has 2 aromatic heterocycles. The van der Waals surface area contributed by atoms with Crippen LogP contribution in [0, 0.1) is 5.92 Å². The highest BCUT2D eigenvalue weighted by Gasteiger charge is 2.36. The van der Waals surface area contributed by atoms with Gasteiger partial charge in [0.1, 0.15) is 0 Å². The number of ether oxygens (including phenoxy) is 1. The number of aryl methyl sites for hydroxylation is 1. The minimum absolute atomic E-state index is 0.336. The van der Waals surface area contributed by atoms with Crippen molar-refractivity contribution in [3.05, 3.63) is 48.0 Å². The molecule has 1 saturated carbocycles. The van der Waals surface area contributed by atoms with Gasteiger partial charge in [0.15, 0.2) is 0 Å². The Bertz CT molecular complexity index is 652. The number of nitrogens with zero attached hydrogens (tertiary/aromatic N) is 4. The molecule has 2 aromatic rings. The smallest absolute Gasteiger partial charge is 0.0745 e. The normalized spacial score (nSPS) is 24.5. The molecule has 5 nitrogen and oxygen atoms in total. The molecule has 128 valence electrons. The molecule has 4 rings (SSSR count). The summed E-state index contributed by atoms with van der Waals surface area (Å²) in [4.78, 5) is 6.83. The van der Waals surface area contributed by atoms with Gasteiger partial charge in [-0.15, -0.1) is 0 Å². The van der Waals surface area contributed by atoms with Gasteiger partial charge < -0.3 is 4.74 Å². The molecule has 0 N–H and O–H groups in total. The lowest BCUT2D eigenvalue weighted by atomic mass is 10.0. The van der Waals surface area contributed by atoms with Crippen molar-refractivity contribution in [1.82, 2.24) is 19.7 Å². The van der Waals surface area contributed by atoms with Crippen molar-refractivity contribution in [2.45, 2.75) is 44.4 Å². The van der Waals surface area contributed by atoms with E-state index in [1.807, 2.05) is 36.4 Å². The summed E-state index contributed by atoms with van der Waals surface area (Å²) >= 11 is 0. The first-order valence-electron chi connectivity index (χ1n) is 9.00. The molecule has 2 fully saturated rings. The number of aromatic nitrogens is 3. The Morgan fingerprint density at radius 1 is 1.21 bits per heavy atom. The zero-order valence-electron chi connectivity index (χ0n) is 14.3. The van der Waals surface area contributed by atoms with Gasteiger partial charge in [-0.25, -0.2) is 0 Å². The number of hydrogen-bond donors (Lipinski definition) is 0. The summed E-state index contributed by atoms with van der Waals surface area (Å²) in [6.45, 7) is 2.98. The maximum absolute atomic E-state index is 6.30. The molecule has 1 aliphatic carbocycles. The van der Waals surface area contributed by atoms with E-state index < -0.39 is 0 Å². The fourth-order valence-corrected chi connectivity index (χ4v) is 3.63. The summed E-state index contributed by atoms with van der Waals surface area (Å²) in [7, 11) is 1.97. The van der Waals surface area contributed by atoms with Gasteiger partial charge in [-0.1, -0.05) is 6.07 Å². The minimum Gasteiger partial charge on any atom is -0.376 e. The minimum atomic E-state index is 0.336. The van der Waals surface area contributed by atoms with Gasteiger partial charge >= 0.3 is 0 Å². The van der Waals surface area contributed by atoms with E-state index in [1.54, 1.807) is 0 Å². The number of rotatable bonds is 7. The molecule has 0 bridgehead atoms. The third-order valence-corrected chi connectivity index (χ3v) is 5.15. The number of likely N-dealkylation sites (tertiary alicyclic amines) is 1. The van der Waals surface area contributed by atoms with Crippen LogP contribution in [0.15, 0.2) is 36.9 Å². The quantitative estimate of drug-likeness (QED) is 0.784. The molecule has 2 aliphatic rings. The van der Waals surface area contributed by atoms with E-state index in [0.29, 0.717) is 12.1 Å². The van der Waals surface area contributed by atoms with E-state index in [4.69, 9.17) is 4.74 Å². The Balaban J connectivity index is 1.46. The molecular weight excluding hydrogens is 300 g/mol. The number of pyridine rings is 1.